The minimum Gasteiger partial charge on any atom is -0.377 e. The first-order valence-corrected chi connectivity index (χ1v) is 11.0. The Kier molecular flexibility index (Phi) is 5.45. The molecular formula is C22H31F3N2O2. The van der Waals surface area contributed by atoms with Crippen LogP contribution in [-0.4, -0.2) is 41.9 Å². The molecule has 5 rings (SSSR count). The molecule has 1 aliphatic heterocycles. The van der Waals surface area contributed by atoms with Crippen molar-refractivity contribution < 1.29 is 22.8 Å². The summed E-state index contributed by atoms with van der Waals surface area (Å²) in [5, 5.41) is 3.31. The minimum absolute atomic E-state index is 0.0863. The van der Waals surface area contributed by atoms with Crippen molar-refractivity contribution in [2.45, 2.75) is 70.5 Å². The van der Waals surface area contributed by atoms with E-state index in [9.17, 15) is 22.8 Å². The number of halogens is 3. The van der Waals surface area contributed by atoms with Crippen molar-refractivity contribution in [1.82, 2.24) is 10.2 Å². The fraction of sp³-hybridized carbons (Fsp3) is 0.818. The molecule has 0 aromatic heterocycles. The lowest BCUT2D eigenvalue weighted by Gasteiger charge is -2.59. The molecule has 1 atom stereocenters. The van der Waals surface area contributed by atoms with Gasteiger partial charge in [0.25, 0.3) is 5.78 Å². The summed E-state index contributed by atoms with van der Waals surface area (Å²) in [6, 6.07) is 0.186. The van der Waals surface area contributed by atoms with Crippen molar-refractivity contribution in [3.63, 3.8) is 0 Å². The predicted molar refractivity (Wildman–Crippen MR) is 103 cm³/mol. The van der Waals surface area contributed by atoms with E-state index in [2.05, 4.69) is 12.2 Å². The van der Waals surface area contributed by atoms with Crippen molar-refractivity contribution >= 4 is 11.7 Å². The summed E-state index contributed by atoms with van der Waals surface area (Å²) < 4.78 is 36.9. The van der Waals surface area contributed by atoms with Crippen LogP contribution in [0.1, 0.15) is 58.3 Å². The van der Waals surface area contributed by atoms with Crippen LogP contribution in [0.4, 0.5) is 13.2 Å². The Balaban J connectivity index is 1.27. The molecule has 4 bridgehead atoms. The fourth-order valence-corrected chi connectivity index (χ4v) is 6.77. The van der Waals surface area contributed by atoms with Gasteiger partial charge >= 0.3 is 6.18 Å². The van der Waals surface area contributed by atoms with Gasteiger partial charge in [0.05, 0.1) is 0 Å². The number of hydrogen-bond acceptors (Lipinski definition) is 3. The van der Waals surface area contributed by atoms with Crippen LogP contribution in [0.15, 0.2) is 12.3 Å². The van der Waals surface area contributed by atoms with Gasteiger partial charge in [-0.15, -0.1) is 0 Å². The zero-order valence-electron chi connectivity index (χ0n) is 17.0. The number of carbonyl (C=O) groups excluding carboxylic acids is 2. The second kappa shape index (κ2) is 7.62. The third kappa shape index (κ3) is 4.33. The first-order valence-electron chi connectivity index (χ1n) is 11.0. The second-order valence-corrected chi connectivity index (χ2v) is 10.00. The van der Waals surface area contributed by atoms with Gasteiger partial charge in [-0.3, -0.25) is 9.59 Å². The Labute approximate surface area is 170 Å². The quantitative estimate of drug-likeness (QED) is 0.693. The number of hydrogen-bond donors (Lipinski definition) is 1. The van der Waals surface area contributed by atoms with Gasteiger partial charge in [0.2, 0.25) is 5.91 Å². The number of likely N-dealkylation sites (tertiary alicyclic amines) is 1. The molecule has 1 amide bonds. The van der Waals surface area contributed by atoms with E-state index in [0.29, 0.717) is 32.0 Å². The van der Waals surface area contributed by atoms with Gasteiger partial charge in [-0.05, 0) is 81.5 Å². The second-order valence-electron chi connectivity index (χ2n) is 10.00. The highest BCUT2D eigenvalue weighted by Crippen LogP contribution is 2.61. The van der Waals surface area contributed by atoms with Crippen LogP contribution in [-0.2, 0) is 9.59 Å². The number of nitrogens with zero attached hydrogens (tertiary/aromatic N) is 1. The van der Waals surface area contributed by atoms with Gasteiger partial charge in [0.15, 0.2) is 0 Å². The minimum atomic E-state index is -4.83. The Hall–Kier alpha value is -1.53. The van der Waals surface area contributed by atoms with Crippen LogP contribution in [0.5, 0.6) is 0 Å². The van der Waals surface area contributed by atoms with Crippen LogP contribution in [0.2, 0.25) is 0 Å². The molecule has 7 heteroatoms. The maximum Gasteiger partial charge on any atom is 0.454 e. The molecule has 0 spiro atoms. The Bertz CT molecular complexity index is 645. The highest BCUT2D eigenvalue weighted by atomic mass is 19.4. The number of alkyl halides is 3. The molecule has 4 aliphatic carbocycles. The number of nitrogens with one attached hydrogen (secondary N) is 1. The largest absolute Gasteiger partial charge is 0.454 e. The third-order valence-corrected chi connectivity index (χ3v) is 7.98. The van der Waals surface area contributed by atoms with Crippen molar-refractivity contribution in [2.24, 2.45) is 29.1 Å². The van der Waals surface area contributed by atoms with E-state index < -0.39 is 12.0 Å². The first kappa shape index (κ1) is 20.7. The molecule has 1 N–H and O–H groups in total. The molecule has 0 aromatic carbocycles. The van der Waals surface area contributed by atoms with Crippen LogP contribution >= 0.6 is 0 Å². The van der Waals surface area contributed by atoms with Crippen molar-refractivity contribution in [3.8, 4) is 0 Å². The van der Waals surface area contributed by atoms with E-state index in [-0.39, 0.29) is 23.3 Å². The van der Waals surface area contributed by atoms with E-state index in [1.807, 2.05) is 0 Å². The zero-order valence-corrected chi connectivity index (χ0v) is 17.0. The van der Waals surface area contributed by atoms with Gasteiger partial charge < -0.3 is 10.2 Å². The summed E-state index contributed by atoms with van der Waals surface area (Å²) in [6.45, 7) is 3.16. The van der Waals surface area contributed by atoms with E-state index in [1.54, 1.807) is 4.90 Å². The topological polar surface area (TPSA) is 49.4 Å². The Morgan fingerprint density at radius 3 is 2.03 bits per heavy atom. The van der Waals surface area contributed by atoms with Crippen molar-refractivity contribution in [3.05, 3.63) is 12.3 Å². The Morgan fingerprint density at radius 2 is 1.55 bits per heavy atom. The molecule has 5 fully saturated rings. The summed E-state index contributed by atoms with van der Waals surface area (Å²) in [6.07, 6.45) is 6.03. The standard InChI is InChI=1S/C22H31F3N2O2/c1-14(21-11-15-8-16(12-21)10-17(9-15)13-21)26-20(29)18-2-5-27(6-3-18)7-4-19(28)22(23,24)25/h4,7,14-18H,2-3,5-6,8-13H2,1H3,(H,26,29). The number of piperidine rings is 1. The van der Waals surface area contributed by atoms with Crippen LogP contribution in [0, 0.1) is 29.1 Å². The summed E-state index contributed by atoms with van der Waals surface area (Å²) in [4.78, 5) is 25.5. The summed E-state index contributed by atoms with van der Waals surface area (Å²) >= 11 is 0. The smallest absolute Gasteiger partial charge is 0.377 e. The molecule has 4 nitrogen and oxygen atoms in total. The molecule has 29 heavy (non-hydrogen) atoms. The molecule has 1 saturated heterocycles. The van der Waals surface area contributed by atoms with Gasteiger partial charge in [-0.2, -0.15) is 13.2 Å². The van der Waals surface area contributed by atoms with Crippen LogP contribution < -0.4 is 5.32 Å². The van der Waals surface area contributed by atoms with Gasteiger partial charge in [0, 0.05) is 37.3 Å². The molecule has 4 saturated carbocycles. The van der Waals surface area contributed by atoms with Crippen LogP contribution in [0.25, 0.3) is 0 Å². The predicted octanol–water partition coefficient (Wildman–Crippen LogP) is 4.06. The lowest BCUT2D eigenvalue weighted by molar-refractivity contribution is -0.165. The van der Waals surface area contributed by atoms with Crippen LogP contribution in [0.3, 0.4) is 0 Å². The molecule has 0 radical (unpaired) electrons. The normalized spacial score (nSPS) is 35.9. The zero-order chi connectivity index (χ0) is 20.8. The first-order chi connectivity index (χ1) is 13.6. The lowest BCUT2D eigenvalue weighted by Crippen LogP contribution is -2.56. The Morgan fingerprint density at radius 1 is 1.03 bits per heavy atom. The molecule has 162 valence electrons. The third-order valence-electron chi connectivity index (χ3n) is 7.98. The van der Waals surface area contributed by atoms with E-state index in [1.165, 1.54) is 44.7 Å². The summed E-state index contributed by atoms with van der Waals surface area (Å²) in [5.41, 5.74) is 0.270. The fourth-order valence-electron chi connectivity index (χ4n) is 6.77. The van der Waals surface area contributed by atoms with E-state index in [4.69, 9.17) is 0 Å². The summed E-state index contributed by atoms with van der Waals surface area (Å²) in [5.74, 6) is 0.666. The van der Waals surface area contributed by atoms with Crippen molar-refractivity contribution in [2.75, 3.05) is 13.1 Å². The number of amides is 1. The molecular weight excluding hydrogens is 381 g/mol. The van der Waals surface area contributed by atoms with E-state index in [0.717, 1.165) is 17.8 Å². The lowest BCUT2D eigenvalue weighted by atomic mass is 9.48. The highest BCUT2D eigenvalue weighted by Gasteiger charge is 2.53. The SMILES string of the molecule is CC(NC(=O)C1CCN(C=CC(=O)C(F)(F)F)CC1)C12CC3CC(CC(C3)C1)C2. The van der Waals surface area contributed by atoms with E-state index >= 15 is 0 Å². The number of allylic oxidation sites excluding steroid dienone is 1. The summed E-state index contributed by atoms with van der Waals surface area (Å²) in [7, 11) is 0. The number of ketones is 1. The van der Waals surface area contributed by atoms with Gasteiger partial charge in [-0.25, -0.2) is 0 Å². The number of carbonyl (C=O) groups is 2. The average Bonchev–Trinajstić information content (AvgIpc) is 2.64. The van der Waals surface area contributed by atoms with Gasteiger partial charge in [0.1, 0.15) is 0 Å². The monoisotopic (exact) mass is 412 g/mol. The van der Waals surface area contributed by atoms with Crippen molar-refractivity contribution in [1.29, 1.82) is 0 Å². The maximum atomic E-state index is 12.9. The molecule has 0 aromatic rings. The molecule has 1 heterocycles. The highest BCUT2D eigenvalue weighted by molar-refractivity contribution is 5.94. The number of rotatable bonds is 5. The average molecular weight is 412 g/mol. The van der Waals surface area contributed by atoms with Gasteiger partial charge in [-0.1, -0.05) is 0 Å². The molecule has 1 unspecified atom stereocenters. The maximum absolute atomic E-state index is 12.9. The molecule has 5 aliphatic rings.